The van der Waals surface area contributed by atoms with Gasteiger partial charge in [-0.05, 0) is 24.6 Å². The van der Waals surface area contributed by atoms with Gasteiger partial charge >= 0.3 is 0 Å². The lowest BCUT2D eigenvalue weighted by Crippen LogP contribution is -2.30. The number of benzene rings is 2. The fourth-order valence-corrected chi connectivity index (χ4v) is 3.24. The molecule has 0 radical (unpaired) electrons. The van der Waals surface area contributed by atoms with E-state index in [1.165, 1.54) is 12.1 Å². The molecule has 0 aromatic heterocycles. The molecule has 2 rings (SSSR count). The predicted molar refractivity (Wildman–Crippen MR) is 85.9 cm³/mol. The zero-order chi connectivity index (χ0) is 16.2. The second-order valence-corrected chi connectivity index (χ2v) is 6.68. The molecule has 0 saturated carbocycles. The van der Waals surface area contributed by atoms with Gasteiger partial charge in [-0.2, -0.15) is 4.72 Å². The molecule has 2 aromatic carbocycles. The van der Waals surface area contributed by atoms with Gasteiger partial charge in [0.2, 0.25) is 10.0 Å². The van der Waals surface area contributed by atoms with Crippen molar-refractivity contribution in [3.63, 3.8) is 0 Å². The van der Waals surface area contributed by atoms with E-state index in [0.29, 0.717) is 11.8 Å². The standard InChI is InChI=1S/C17H17NO3S/c1-13-8-10-16(11-9-13)22(20,21)18-17(14(2)12-19)15-6-4-3-5-7-15/h3-12,17-18H,2H2,1H3/t17-/m1/s1. The van der Waals surface area contributed by atoms with E-state index >= 15 is 0 Å². The smallest absolute Gasteiger partial charge is 0.241 e. The van der Waals surface area contributed by atoms with Crippen molar-refractivity contribution in [2.75, 3.05) is 0 Å². The Morgan fingerprint density at radius 1 is 1.09 bits per heavy atom. The number of nitrogens with one attached hydrogen (secondary N) is 1. The fourth-order valence-electron chi connectivity index (χ4n) is 2.01. The van der Waals surface area contributed by atoms with E-state index < -0.39 is 16.1 Å². The number of sulfonamides is 1. The summed E-state index contributed by atoms with van der Waals surface area (Å²) in [7, 11) is -3.75. The summed E-state index contributed by atoms with van der Waals surface area (Å²) in [5.74, 6) is 0. The molecule has 2 aromatic rings. The van der Waals surface area contributed by atoms with E-state index in [1.807, 2.05) is 13.0 Å². The van der Waals surface area contributed by atoms with Gasteiger partial charge in [0.05, 0.1) is 10.9 Å². The quantitative estimate of drug-likeness (QED) is 0.658. The molecule has 0 aliphatic carbocycles. The Morgan fingerprint density at radius 2 is 1.68 bits per heavy atom. The third-order valence-electron chi connectivity index (χ3n) is 3.26. The number of hydrogen-bond acceptors (Lipinski definition) is 3. The highest BCUT2D eigenvalue weighted by molar-refractivity contribution is 7.89. The van der Waals surface area contributed by atoms with E-state index in [4.69, 9.17) is 0 Å². The molecule has 0 saturated heterocycles. The molecule has 0 bridgehead atoms. The van der Waals surface area contributed by atoms with Gasteiger partial charge in [0.15, 0.2) is 0 Å². The van der Waals surface area contributed by atoms with E-state index in [2.05, 4.69) is 11.3 Å². The van der Waals surface area contributed by atoms with Gasteiger partial charge < -0.3 is 0 Å². The average molecular weight is 315 g/mol. The topological polar surface area (TPSA) is 63.2 Å². The van der Waals surface area contributed by atoms with E-state index in [0.717, 1.165) is 5.56 Å². The number of hydrogen-bond donors (Lipinski definition) is 1. The predicted octanol–water partition coefficient (Wildman–Crippen LogP) is 2.77. The number of aldehydes is 1. The summed E-state index contributed by atoms with van der Waals surface area (Å²) in [6, 6.07) is 14.6. The molecule has 0 fully saturated rings. The monoisotopic (exact) mass is 315 g/mol. The van der Waals surface area contributed by atoms with Crippen molar-refractivity contribution in [3.05, 3.63) is 77.9 Å². The zero-order valence-corrected chi connectivity index (χ0v) is 13.0. The maximum atomic E-state index is 12.5. The van der Waals surface area contributed by atoms with E-state index in [1.54, 1.807) is 36.4 Å². The second-order valence-electron chi connectivity index (χ2n) is 4.97. The summed E-state index contributed by atoms with van der Waals surface area (Å²) in [6.45, 7) is 5.53. The average Bonchev–Trinajstić information content (AvgIpc) is 2.53. The van der Waals surface area contributed by atoms with Crippen LogP contribution in [0.3, 0.4) is 0 Å². The van der Waals surface area contributed by atoms with E-state index in [-0.39, 0.29) is 10.5 Å². The van der Waals surface area contributed by atoms with Crippen LogP contribution in [0.15, 0.2) is 71.6 Å². The van der Waals surface area contributed by atoms with E-state index in [9.17, 15) is 13.2 Å². The summed E-state index contributed by atoms with van der Waals surface area (Å²) in [5, 5.41) is 0. The Hall–Kier alpha value is -2.24. The molecule has 0 aliphatic rings. The molecule has 5 heteroatoms. The van der Waals surface area contributed by atoms with Gasteiger partial charge in [-0.1, -0.05) is 54.6 Å². The fraction of sp³-hybridized carbons (Fsp3) is 0.118. The van der Waals surface area contributed by atoms with Crippen LogP contribution < -0.4 is 4.72 Å². The van der Waals surface area contributed by atoms with Gasteiger partial charge in [-0.15, -0.1) is 0 Å². The van der Waals surface area contributed by atoms with Gasteiger partial charge in [0.1, 0.15) is 6.29 Å². The second kappa shape index (κ2) is 6.68. The van der Waals surface area contributed by atoms with Gasteiger partial charge in [-0.25, -0.2) is 8.42 Å². The Bertz CT molecular complexity index is 765. The zero-order valence-electron chi connectivity index (χ0n) is 12.2. The molecule has 0 aliphatic heterocycles. The van der Waals surface area contributed by atoms with Crippen molar-refractivity contribution < 1.29 is 13.2 Å². The first-order valence-corrected chi connectivity index (χ1v) is 8.20. The van der Waals surface area contributed by atoms with Crippen LogP contribution in [-0.4, -0.2) is 14.7 Å². The largest absolute Gasteiger partial charge is 0.298 e. The minimum Gasteiger partial charge on any atom is -0.298 e. The normalized spacial score (nSPS) is 12.6. The first-order chi connectivity index (χ1) is 10.4. The van der Waals surface area contributed by atoms with Crippen LogP contribution in [0.5, 0.6) is 0 Å². The van der Waals surface area contributed by atoms with Crippen molar-refractivity contribution in [2.24, 2.45) is 0 Å². The van der Waals surface area contributed by atoms with Crippen LogP contribution in [0.2, 0.25) is 0 Å². The molecule has 0 spiro atoms. The molecular weight excluding hydrogens is 298 g/mol. The van der Waals surface area contributed by atoms with Crippen LogP contribution in [0.1, 0.15) is 17.2 Å². The number of rotatable bonds is 6. The van der Waals surface area contributed by atoms with Crippen LogP contribution in [-0.2, 0) is 14.8 Å². The third kappa shape index (κ3) is 3.69. The maximum absolute atomic E-state index is 12.5. The highest BCUT2D eigenvalue weighted by atomic mass is 32.2. The number of aryl methyl sites for hydroxylation is 1. The molecular formula is C17H17NO3S. The molecule has 0 amide bonds. The van der Waals surface area contributed by atoms with Crippen LogP contribution in [0.25, 0.3) is 0 Å². The minimum atomic E-state index is -3.75. The summed E-state index contributed by atoms with van der Waals surface area (Å²) in [4.78, 5) is 11.2. The van der Waals surface area contributed by atoms with Crippen LogP contribution in [0, 0.1) is 6.92 Å². The lowest BCUT2D eigenvalue weighted by molar-refractivity contribution is -0.105. The van der Waals surface area contributed by atoms with Crippen molar-refractivity contribution >= 4 is 16.3 Å². The third-order valence-corrected chi connectivity index (χ3v) is 4.70. The van der Waals surface area contributed by atoms with Gasteiger partial charge in [0.25, 0.3) is 0 Å². The maximum Gasteiger partial charge on any atom is 0.241 e. The molecule has 4 nitrogen and oxygen atoms in total. The Kier molecular flexibility index (Phi) is 4.90. The first kappa shape index (κ1) is 16.1. The highest BCUT2D eigenvalue weighted by Crippen LogP contribution is 2.22. The van der Waals surface area contributed by atoms with Crippen molar-refractivity contribution in [2.45, 2.75) is 17.9 Å². The summed E-state index contributed by atoms with van der Waals surface area (Å²) < 4.78 is 27.5. The van der Waals surface area contributed by atoms with Crippen LogP contribution in [0.4, 0.5) is 0 Å². The highest BCUT2D eigenvalue weighted by Gasteiger charge is 2.23. The lowest BCUT2D eigenvalue weighted by Gasteiger charge is -2.18. The van der Waals surface area contributed by atoms with Crippen molar-refractivity contribution in [1.82, 2.24) is 4.72 Å². The van der Waals surface area contributed by atoms with Crippen molar-refractivity contribution in [3.8, 4) is 0 Å². The molecule has 114 valence electrons. The minimum absolute atomic E-state index is 0.151. The first-order valence-electron chi connectivity index (χ1n) is 6.72. The molecule has 22 heavy (non-hydrogen) atoms. The summed E-state index contributed by atoms with van der Waals surface area (Å²) >= 11 is 0. The molecule has 1 atom stereocenters. The Balaban J connectivity index is 2.36. The Labute approximate surface area is 130 Å². The number of carbonyl (C=O) groups is 1. The van der Waals surface area contributed by atoms with Gasteiger partial charge in [0, 0.05) is 5.57 Å². The number of carbonyl (C=O) groups excluding carboxylic acids is 1. The summed E-state index contributed by atoms with van der Waals surface area (Å²) in [5.41, 5.74) is 1.79. The SMILES string of the molecule is C=C(C=O)[C@@H](NS(=O)(=O)c1ccc(C)cc1)c1ccccc1. The molecule has 0 heterocycles. The van der Waals surface area contributed by atoms with Gasteiger partial charge in [-0.3, -0.25) is 4.79 Å². The summed E-state index contributed by atoms with van der Waals surface area (Å²) in [6.07, 6.45) is 0.565. The van der Waals surface area contributed by atoms with Crippen LogP contribution >= 0.6 is 0 Å². The molecule has 0 unspecified atom stereocenters. The molecule has 1 N–H and O–H groups in total. The lowest BCUT2D eigenvalue weighted by atomic mass is 10.0. The van der Waals surface area contributed by atoms with Crippen molar-refractivity contribution in [1.29, 1.82) is 0 Å². The Morgan fingerprint density at radius 3 is 2.23 bits per heavy atom.